The molecule has 0 N–H and O–H groups in total. The molecule has 0 aromatic carbocycles. The summed E-state index contributed by atoms with van der Waals surface area (Å²) in [5.74, 6) is 1.89. The van der Waals surface area contributed by atoms with Gasteiger partial charge in [0.1, 0.15) is 0 Å². The predicted molar refractivity (Wildman–Crippen MR) is 84.0 cm³/mol. The van der Waals surface area contributed by atoms with E-state index in [1.165, 1.54) is 0 Å². The lowest BCUT2D eigenvalue weighted by Gasteiger charge is -2.32. The summed E-state index contributed by atoms with van der Waals surface area (Å²) in [5.41, 5.74) is 0.550. The minimum absolute atomic E-state index is 0.0802. The second-order valence-corrected chi connectivity index (χ2v) is 6.20. The summed E-state index contributed by atoms with van der Waals surface area (Å²) in [6.07, 6.45) is 3.93. The smallest absolute Gasteiger partial charge is 0.400 e. The first-order chi connectivity index (χ1) is 9.77. The average Bonchev–Trinajstić information content (AvgIpc) is 2.64. The first-order valence-electron chi connectivity index (χ1n) is 7.29. The van der Waals surface area contributed by atoms with Crippen molar-refractivity contribution in [1.82, 2.24) is 4.98 Å². The molecule has 0 saturated carbocycles. The van der Waals surface area contributed by atoms with Crippen LogP contribution in [0.4, 0.5) is 0 Å². The molecule has 0 aliphatic carbocycles. The van der Waals surface area contributed by atoms with E-state index in [9.17, 15) is 4.79 Å². The van der Waals surface area contributed by atoms with E-state index in [2.05, 4.69) is 4.98 Å². The molecule has 2 rings (SSSR count). The van der Waals surface area contributed by atoms with Gasteiger partial charge < -0.3 is 9.31 Å². The van der Waals surface area contributed by atoms with Gasteiger partial charge in [0.15, 0.2) is 5.78 Å². The van der Waals surface area contributed by atoms with Crippen LogP contribution in [0.25, 0.3) is 6.08 Å². The SMILES string of the molecule is CCC(=O)c1cccnc1/C=C/B1OC(C)(C)C(C)(C)O1. The van der Waals surface area contributed by atoms with E-state index in [0.29, 0.717) is 17.7 Å². The molecule has 0 atom stereocenters. The van der Waals surface area contributed by atoms with E-state index in [1.54, 1.807) is 24.4 Å². The van der Waals surface area contributed by atoms with Crippen LogP contribution < -0.4 is 0 Å². The third kappa shape index (κ3) is 3.25. The maximum Gasteiger partial charge on any atom is 0.487 e. The highest BCUT2D eigenvalue weighted by molar-refractivity contribution is 6.52. The molecule has 1 aliphatic rings. The van der Waals surface area contributed by atoms with Gasteiger partial charge in [-0.15, -0.1) is 0 Å². The quantitative estimate of drug-likeness (QED) is 0.629. The molecule has 0 amide bonds. The average molecular weight is 287 g/mol. The number of pyridine rings is 1. The molecule has 0 unspecified atom stereocenters. The summed E-state index contributed by atoms with van der Waals surface area (Å²) in [6.45, 7) is 9.87. The number of rotatable bonds is 4. The van der Waals surface area contributed by atoms with Crippen molar-refractivity contribution in [3.8, 4) is 0 Å². The van der Waals surface area contributed by atoms with Crippen LogP contribution in [0.15, 0.2) is 24.3 Å². The molecular weight excluding hydrogens is 265 g/mol. The summed E-state index contributed by atoms with van der Waals surface area (Å²) in [7, 11) is -0.429. The Morgan fingerprint density at radius 2 is 1.90 bits per heavy atom. The number of aromatic nitrogens is 1. The van der Waals surface area contributed by atoms with Gasteiger partial charge in [0.25, 0.3) is 0 Å². The Morgan fingerprint density at radius 3 is 2.48 bits per heavy atom. The van der Waals surface area contributed by atoms with Crippen LogP contribution in [0, 0.1) is 0 Å². The molecule has 0 spiro atoms. The van der Waals surface area contributed by atoms with Crippen LogP contribution in [-0.4, -0.2) is 29.1 Å². The molecule has 1 aliphatic heterocycles. The number of carbonyl (C=O) groups excluding carboxylic acids is 1. The van der Waals surface area contributed by atoms with Gasteiger partial charge >= 0.3 is 7.12 Å². The van der Waals surface area contributed by atoms with Crippen LogP contribution in [0.3, 0.4) is 0 Å². The molecule has 112 valence electrons. The van der Waals surface area contributed by atoms with Crippen molar-refractivity contribution >= 4 is 19.0 Å². The summed E-state index contributed by atoms with van der Waals surface area (Å²) in [4.78, 5) is 16.2. The third-order valence-corrected chi connectivity index (χ3v) is 4.14. The standard InChI is InChI=1S/C16H22BNO3/c1-6-14(19)12-8-7-11-18-13(12)9-10-17-20-15(2,3)16(4,5)21-17/h7-11H,6H2,1-5H3/b10-9+. The lowest BCUT2D eigenvalue weighted by atomic mass is 9.89. The largest absolute Gasteiger partial charge is 0.487 e. The molecule has 1 aromatic rings. The second-order valence-electron chi connectivity index (χ2n) is 6.20. The molecule has 1 aromatic heterocycles. The van der Waals surface area contributed by atoms with Gasteiger partial charge in [-0.05, 0) is 45.9 Å². The number of hydrogen-bond acceptors (Lipinski definition) is 4. The monoisotopic (exact) mass is 287 g/mol. The van der Waals surface area contributed by atoms with Gasteiger partial charge in [-0.25, -0.2) is 0 Å². The zero-order valence-corrected chi connectivity index (χ0v) is 13.3. The van der Waals surface area contributed by atoms with Crippen molar-refractivity contribution in [3.63, 3.8) is 0 Å². The summed E-state index contributed by atoms with van der Waals surface area (Å²) in [5, 5.41) is 0. The van der Waals surface area contributed by atoms with E-state index in [4.69, 9.17) is 9.31 Å². The summed E-state index contributed by atoms with van der Waals surface area (Å²) >= 11 is 0. The van der Waals surface area contributed by atoms with Crippen molar-refractivity contribution in [3.05, 3.63) is 35.6 Å². The van der Waals surface area contributed by atoms with Gasteiger partial charge in [-0.1, -0.05) is 12.9 Å². The fourth-order valence-corrected chi connectivity index (χ4v) is 2.11. The number of ketones is 1. The number of nitrogens with zero attached hydrogens (tertiary/aromatic N) is 1. The molecular formula is C16H22BNO3. The van der Waals surface area contributed by atoms with Crippen molar-refractivity contribution in [2.45, 2.75) is 52.2 Å². The van der Waals surface area contributed by atoms with Gasteiger partial charge in [-0.3, -0.25) is 9.78 Å². The lowest BCUT2D eigenvalue weighted by molar-refractivity contribution is 0.00578. The predicted octanol–water partition coefficient (Wildman–Crippen LogP) is 3.32. The van der Waals surface area contributed by atoms with E-state index in [1.807, 2.05) is 40.6 Å². The third-order valence-electron chi connectivity index (χ3n) is 4.14. The minimum atomic E-state index is -0.429. The fraction of sp³-hybridized carbons (Fsp3) is 0.500. The molecule has 1 fully saturated rings. The Morgan fingerprint density at radius 1 is 1.29 bits per heavy atom. The summed E-state index contributed by atoms with van der Waals surface area (Å²) < 4.78 is 11.8. The van der Waals surface area contributed by atoms with Gasteiger partial charge in [0, 0.05) is 18.2 Å². The Bertz CT molecular complexity index is 550. The van der Waals surface area contributed by atoms with Gasteiger partial charge in [0.05, 0.1) is 16.9 Å². The zero-order valence-electron chi connectivity index (χ0n) is 13.3. The Labute approximate surface area is 126 Å². The Balaban J connectivity index is 2.19. The van der Waals surface area contributed by atoms with Crippen LogP contribution in [0.5, 0.6) is 0 Å². The van der Waals surface area contributed by atoms with Crippen LogP contribution in [0.2, 0.25) is 0 Å². The normalized spacial score (nSPS) is 20.1. The Kier molecular flexibility index (Phi) is 4.35. The molecule has 0 radical (unpaired) electrons. The Hall–Kier alpha value is -1.46. The molecule has 0 bridgehead atoms. The van der Waals surface area contributed by atoms with Crippen LogP contribution >= 0.6 is 0 Å². The number of Topliss-reactive ketones (excluding diaryl/α,β-unsaturated/α-hetero) is 1. The molecule has 21 heavy (non-hydrogen) atoms. The van der Waals surface area contributed by atoms with E-state index in [-0.39, 0.29) is 17.0 Å². The first-order valence-corrected chi connectivity index (χ1v) is 7.29. The highest BCUT2D eigenvalue weighted by Crippen LogP contribution is 2.37. The number of hydrogen-bond donors (Lipinski definition) is 0. The van der Waals surface area contributed by atoms with Crippen LogP contribution in [-0.2, 0) is 9.31 Å². The molecule has 1 saturated heterocycles. The van der Waals surface area contributed by atoms with Gasteiger partial charge in [0.2, 0.25) is 0 Å². The van der Waals surface area contributed by atoms with Crippen molar-refractivity contribution < 1.29 is 14.1 Å². The summed E-state index contributed by atoms with van der Waals surface area (Å²) in [6, 6.07) is 3.57. The molecule has 5 heteroatoms. The minimum Gasteiger partial charge on any atom is -0.400 e. The lowest BCUT2D eigenvalue weighted by Crippen LogP contribution is -2.41. The second kappa shape index (κ2) is 5.74. The topological polar surface area (TPSA) is 48.4 Å². The van der Waals surface area contributed by atoms with Gasteiger partial charge in [-0.2, -0.15) is 0 Å². The van der Waals surface area contributed by atoms with Crippen molar-refractivity contribution in [2.75, 3.05) is 0 Å². The molecule has 4 nitrogen and oxygen atoms in total. The van der Waals surface area contributed by atoms with E-state index < -0.39 is 7.12 Å². The fourth-order valence-electron chi connectivity index (χ4n) is 2.11. The van der Waals surface area contributed by atoms with Crippen LogP contribution in [0.1, 0.15) is 57.1 Å². The van der Waals surface area contributed by atoms with Crippen molar-refractivity contribution in [1.29, 1.82) is 0 Å². The van der Waals surface area contributed by atoms with E-state index in [0.717, 1.165) is 0 Å². The first kappa shape index (κ1) is 15.9. The zero-order chi connectivity index (χ0) is 15.7. The van der Waals surface area contributed by atoms with E-state index >= 15 is 0 Å². The molecule has 2 heterocycles. The maximum atomic E-state index is 11.9. The van der Waals surface area contributed by atoms with Crippen molar-refractivity contribution in [2.24, 2.45) is 0 Å². The highest BCUT2D eigenvalue weighted by atomic mass is 16.7. The number of carbonyl (C=O) groups is 1. The highest BCUT2D eigenvalue weighted by Gasteiger charge is 2.50. The maximum absolute atomic E-state index is 11.9.